The summed E-state index contributed by atoms with van der Waals surface area (Å²) in [4.78, 5) is 14.0. The third kappa shape index (κ3) is 10.2. The van der Waals surface area contributed by atoms with Gasteiger partial charge in [0.25, 0.3) is 0 Å². The highest BCUT2D eigenvalue weighted by atomic mass is 16.5. The van der Waals surface area contributed by atoms with E-state index in [4.69, 9.17) is 9.47 Å². The van der Waals surface area contributed by atoms with Crippen LogP contribution in [0.5, 0.6) is 0 Å². The number of hydrogen-bond acceptors (Lipinski definition) is 5. The van der Waals surface area contributed by atoms with Gasteiger partial charge in [-0.15, -0.1) is 0 Å². The van der Waals surface area contributed by atoms with Crippen molar-refractivity contribution < 1.29 is 14.3 Å². The molecular formula is C15H32N2O3. The summed E-state index contributed by atoms with van der Waals surface area (Å²) in [6.07, 6.45) is 1.01. The van der Waals surface area contributed by atoms with Crippen LogP contribution >= 0.6 is 0 Å². The Hall–Kier alpha value is -0.650. The van der Waals surface area contributed by atoms with Crippen LogP contribution in [-0.4, -0.2) is 62.4 Å². The van der Waals surface area contributed by atoms with Gasteiger partial charge in [-0.05, 0) is 40.8 Å². The maximum absolute atomic E-state index is 11.9. The smallest absolute Gasteiger partial charge is 0.323 e. The summed E-state index contributed by atoms with van der Waals surface area (Å²) in [7, 11) is 2.04. The third-order valence-corrected chi connectivity index (χ3v) is 2.83. The van der Waals surface area contributed by atoms with Gasteiger partial charge in [0.2, 0.25) is 0 Å². The van der Waals surface area contributed by atoms with Crippen LogP contribution in [0.3, 0.4) is 0 Å². The Morgan fingerprint density at radius 2 is 1.85 bits per heavy atom. The van der Waals surface area contributed by atoms with Gasteiger partial charge in [0.05, 0.1) is 19.3 Å². The summed E-state index contributed by atoms with van der Waals surface area (Å²) in [5.74, 6) is -0.159. The molecule has 0 aromatic carbocycles. The van der Waals surface area contributed by atoms with E-state index in [1.54, 1.807) is 0 Å². The molecule has 5 heteroatoms. The van der Waals surface area contributed by atoms with E-state index in [0.717, 1.165) is 26.1 Å². The summed E-state index contributed by atoms with van der Waals surface area (Å²) >= 11 is 0. The molecule has 0 saturated heterocycles. The maximum Gasteiger partial charge on any atom is 0.323 e. The van der Waals surface area contributed by atoms with Crippen LogP contribution in [0.1, 0.15) is 41.0 Å². The zero-order chi connectivity index (χ0) is 15.5. The zero-order valence-electron chi connectivity index (χ0n) is 13.9. The van der Waals surface area contributed by atoms with Crippen LogP contribution in [0.15, 0.2) is 0 Å². The van der Waals surface area contributed by atoms with Gasteiger partial charge in [0.15, 0.2) is 0 Å². The van der Waals surface area contributed by atoms with Gasteiger partial charge < -0.3 is 19.7 Å². The molecule has 120 valence electrons. The fourth-order valence-electron chi connectivity index (χ4n) is 1.82. The molecular weight excluding hydrogens is 256 g/mol. The molecule has 0 aliphatic heterocycles. The number of carbonyl (C=O) groups is 1. The predicted molar refractivity (Wildman–Crippen MR) is 81.9 cm³/mol. The summed E-state index contributed by atoms with van der Waals surface area (Å²) in [5.41, 5.74) is 0. The predicted octanol–water partition coefficient (Wildman–Crippen LogP) is 1.66. The first-order valence-corrected chi connectivity index (χ1v) is 7.59. The van der Waals surface area contributed by atoms with E-state index in [1.165, 1.54) is 0 Å². The first-order chi connectivity index (χ1) is 9.36. The Morgan fingerprint density at radius 3 is 2.35 bits per heavy atom. The van der Waals surface area contributed by atoms with Gasteiger partial charge in [0.1, 0.15) is 6.04 Å². The minimum atomic E-state index is -0.233. The van der Waals surface area contributed by atoms with Crippen LogP contribution in [0.25, 0.3) is 0 Å². The molecule has 1 N–H and O–H groups in total. The number of likely N-dealkylation sites (N-methyl/N-ethyl adjacent to an activating group) is 1. The van der Waals surface area contributed by atoms with Crippen molar-refractivity contribution in [3.05, 3.63) is 0 Å². The Kier molecular flexibility index (Phi) is 10.7. The molecule has 0 amide bonds. The molecule has 0 saturated carbocycles. The fourth-order valence-corrected chi connectivity index (χ4v) is 1.82. The first kappa shape index (κ1) is 19.4. The number of ether oxygens (including phenoxy) is 2. The van der Waals surface area contributed by atoms with E-state index in [-0.39, 0.29) is 24.2 Å². The van der Waals surface area contributed by atoms with Crippen LogP contribution in [0.4, 0.5) is 0 Å². The highest BCUT2D eigenvalue weighted by Crippen LogP contribution is 2.01. The van der Waals surface area contributed by atoms with Crippen molar-refractivity contribution in [2.45, 2.75) is 59.2 Å². The second kappa shape index (κ2) is 11.1. The van der Waals surface area contributed by atoms with E-state index in [2.05, 4.69) is 10.2 Å². The van der Waals surface area contributed by atoms with Crippen molar-refractivity contribution in [3.63, 3.8) is 0 Å². The summed E-state index contributed by atoms with van der Waals surface area (Å²) in [6.45, 7) is 12.8. The number of nitrogens with one attached hydrogen (secondary N) is 1. The molecule has 0 aliphatic rings. The second-order valence-corrected chi connectivity index (χ2v) is 5.64. The number of nitrogens with zero attached hydrogens (tertiary/aromatic N) is 1. The first-order valence-electron chi connectivity index (χ1n) is 7.59. The van der Waals surface area contributed by atoms with E-state index in [9.17, 15) is 4.79 Å². The van der Waals surface area contributed by atoms with Gasteiger partial charge >= 0.3 is 5.97 Å². The molecule has 0 bridgehead atoms. The number of carbonyl (C=O) groups excluding carboxylic acids is 1. The maximum atomic E-state index is 11.9. The minimum Gasteiger partial charge on any atom is -0.465 e. The van der Waals surface area contributed by atoms with E-state index in [0.29, 0.717) is 6.61 Å². The average molecular weight is 288 g/mol. The monoisotopic (exact) mass is 288 g/mol. The van der Waals surface area contributed by atoms with Crippen LogP contribution in [0.2, 0.25) is 0 Å². The lowest BCUT2D eigenvalue weighted by Gasteiger charge is -2.23. The average Bonchev–Trinajstić information content (AvgIpc) is 2.33. The third-order valence-electron chi connectivity index (χ3n) is 2.83. The molecule has 1 unspecified atom stereocenters. The highest BCUT2D eigenvalue weighted by molar-refractivity contribution is 5.75. The van der Waals surface area contributed by atoms with E-state index >= 15 is 0 Å². The van der Waals surface area contributed by atoms with Gasteiger partial charge in [-0.1, -0.05) is 13.8 Å². The lowest BCUT2D eigenvalue weighted by Crippen LogP contribution is -2.44. The van der Waals surface area contributed by atoms with Crippen LogP contribution in [-0.2, 0) is 14.3 Å². The number of rotatable bonds is 11. The molecule has 0 aliphatic carbocycles. The Morgan fingerprint density at radius 1 is 1.20 bits per heavy atom. The number of esters is 1. The largest absolute Gasteiger partial charge is 0.465 e. The molecule has 0 spiro atoms. The van der Waals surface area contributed by atoms with Crippen LogP contribution in [0, 0.1) is 0 Å². The van der Waals surface area contributed by atoms with Crippen molar-refractivity contribution >= 4 is 5.97 Å². The molecule has 20 heavy (non-hydrogen) atoms. The molecule has 0 aromatic heterocycles. The van der Waals surface area contributed by atoms with Crippen molar-refractivity contribution in [2.24, 2.45) is 0 Å². The number of hydrogen-bond donors (Lipinski definition) is 1. The molecule has 0 radical (unpaired) electrons. The molecule has 5 nitrogen and oxygen atoms in total. The van der Waals surface area contributed by atoms with Crippen molar-refractivity contribution in [3.8, 4) is 0 Å². The second-order valence-electron chi connectivity index (χ2n) is 5.64. The zero-order valence-corrected chi connectivity index (χ0v) is 13.9. The molecule has 0 heterocycles. The highest BCUT2D eigenvalue weighted by Gasteiger charge is 2.20. The SMILES string of the molecule is CCOC(=O)C(CCN(C)CCOC(C)C)NC(C)C. The van der Waals surface area contributed by atoms with Crippen LogP contribution < -0.4 is 5.32 Å². The summed E-state index contributed by atoms with van der Waals surface area (Å²) in [5, 5.41) is 3.26. The quantitative estimate of drug-likeness (QED) is 0.586. The molecule has 0 rings (SSSR count). The Balaban J connectivity index is 4.07. The van der Waals surface area contributed by atoms with E-state index < -0.39 is 0 Å². The van der Waals surface area contributed by atoms with E-state index in [1.807, 2.05) is 41.7 Å². The normalized spacial score (nSPS) is 13.2. The van der Waals surface area contributed by atoms with Crippen molar-refractivity contribution in [1.29, 1.82) is 0 Å². The van der Waals surface area contributed by atoms with Crippen molar-refractivity contribution in [2.75, 3.05) is 33.4 Å². The van der Waals surface area contributed by atoms with Gasteiger partial charge in [-0.25, -0.2) is 0 Å². The minimum absolute atomic E-state index is 0.159. The Bertz CT molecular complexity index is 258. The fraction of sp³-hybridized carbons (Fsp3) is 0.933. The summed E-state index contributed by atoms with van der Waals surface area (Å²) in [6, 6.07) is 0.0300. The lowest BCUT2D eigenvalue weighted by molar-refractivity contribution is -0.146. The van der Waals surface area contributed by atoms with Gasteiger partial charge in [-0.2, -0.15) is 0 Å². The van der Waals surface area contributed by atoms with Crippen molar-refractivity contribution in [1.82, 2.24) is 10.2 Å². The molecule has 0 fully saturated rings. The van der Waals surface area contributed by atoms with Gasteiger partial charge in [-0.3, -0.25) is 4.79 Å². The molecule has 1 atom stereocenters. The standard InChI is InChI=1S/C15H32N2O3/c1-7-19-15(18)14(16-12(2)3)8-9-17(6)10-11-20-13(4)5/h12-14,16H,7-11H2,1-6H3. The van der Waals surface area contributed by atoms with Gasteiger partial charge in [0, 0.05) is 12.6 Å². The molecule has 0 aromatic rings. The topological polar surface area (TPSA) is 50.8 Å². The Labute approximate surface area is 124 Å². The lowest BCUT2D eigenvalue weighted by atomic mass is 10.1. The summed E-state index contributed by atoms with van der Waals surface area (Å²) < 4.78 is 10.6.